The first-order valence-electron chi connectivity index (χ1n) is 11.8. The fourth-order valence-corrected chi connectivity index (χ4v) is 6.00. The molecule has 10 nitrogen and oxygen atoms in total. The Hall–Kier alpha value is -3.79. The minimum Gasteiger partial charge on any atom is -0.508 e. The van der Waals surface area contributed by atoms with E-state index in [4.69, 9.17) is 10.5 Å². The molecule has 0 bridgehead atoms. The van der Waals surface area contributed by atoms with E-state index in [-0.39, 0.29) is 36.1 Å². The SMILES string of the molecule is CN(C)c1cc(C2=CCCCO2)c(O)c2c1C[C@H]1C[C@H]3CC(=O)C(C(N)=O)=C(O)[C@@]3(O)C(=O)C1=C2O. The molecule has 5 rings (SSSR count). The van der Waals surface area contributed by atoms with Gasteiger partial charge in [0.05, 0.1) is 17.7 Å². The fourth-order valence-electron chi connectivity index (χ4n) is 6.00. The Bertz CT molecular complexity index is 1320. The average Bonchev–Trinajstić information content (AvgIpc) is 2.81. The molecule has 0 spiro atoms. The fraction of sp³-hybridized carbons (Fsp3) is 0.423. The molecular weight excluding hydrogens is 468 g/mol. The van der Waals surface area contributed by atoms with Gasteiger partial charge in [-0.05, 0) is 49.3 Å². The van der Waals surface area contributed by atoms with Gasteiger partial charge in [0, 0.05) is 37.7 Å². The number of rotatable bonds is 3. The van der Waals surface area contributed by atoms with Gasteiger partial charge in [-0.1, -0.05) is 0 Å². The molecule has 1 aromatic rings. The Balaban J connectivity index is 1.73. The number of aliphatic hydroxyl groups excluding tert-OH is 2. The number of phenols is 1. The van der Waals surface area contributed by atoms with Crippen LogP contribution in [-0.2, 0) is 25.5 Å². The molecule has 3 aliphatic carbocycles. The molecule has 4 aliphatic rings. The molecule has 6 N–H and O–H groups in total. The number of amides is 1. The van der Waals surface area contributed by atoms with Gasteiger partial charge >= 0.3 is 0 Å². The Morgan fingerprint density at radius 3 is 2.53 bits per heavy atom. The van der Waals surface area contributed by atoms with Crippen LogP contribution < -0.4 is 10.6 Å². The highest BCUT2D eigenvalue weighted by molar-refractivity contribution is 6.22. The highest BCUT2D eigenvalue weighted by atomic mass is 16.5. The second-order valence-electron chi connectivity index (χ2n) is 10.0. The predicted molar refractivity (Wildman–Crippen MR) is 129 cm³/mol. The number of benzene rings is 1. The average molecular weight is 497 g/mol. The number of ketones is 2. The minimum atomic E-state index is -2.58. The number of nitrogens with two attached hydrogens (primary N) is 1. The maximum atomic E-state index is 13.7. The second-order valence-corrected chi connectivity index (χ2v) is 10.0. The third-order valence-electron chi connectivity index (χ3n) is 7.72. The van der Waals surface area contributed by atoms with Crippen LogP contribution in [0.1, 0.15) is 42.4 Å². The molecule has 0 radical (unpaired) electrons. The zero-order valence-electron chi connectivity index (χ0n) is 20.0. The van der Waals surface area contributed by atoms with Crippen LogP contribution in [0.5, 0.6) is 5.75 Å². The topological polar surface area (TPSA) is 171 Å². The van der Waals surface area contributed by atoms with Gasteiger partial charge in [0.25, 0.3) is 5.91 Å². The lowest BCUT2D eigenvalue weighted by molar-refractivity contribution is -0.147. The van der Waals surface area contributed by atoms with Crippen LogP contribution in [0.3, 0.4) is 0 Å². The van der Waals surface area contributed by atoms with Gasteiger partial charge in [0.1, 0.15) is 28.6 Å². The number of fused-ring (bicyclic) bond motifs is 3. The summed E-state index contributed by atoms with van der Waals surface area (Å²) in [6, 6.07) is 1.78. The summed E-state index contributed by atoms with van der Waals surface area (Å²) in [5.74, 6) is -5.97. The molecule has 1 aromatic carbocycles. The molecule has 0 aromatic heterocycles. The van der Waals surface area contributed by atoms with Crippen molar-refractivity contribution in [3.63, 3.8) is 0 Å². The van der Waals surface area contributed by atoms with Gasteiger partial charge in [-0.3, -0.25) is 14.4 Å². The molecule has 1 heterocycles. The monoisotopic (exact) mass is 496 g/mol. The quantitative estimate of drug-likeness (QED) is 0.390. The molecule has 1 amide bonds. The lowest BCUT2D eigenvalue weighted by Crippen LogP contribution is -2.58. The lowest BCUT2D eigenvalue weighted by atomic mass is 9.59. The summed E-state index contributed by atoms with van der Waals surface area (Å²) in [4.78, 5) is 39.8. The van der Waals surface area contributed by atoms with Crippen molar-refractivity contribution in [2.75, 3.05) is 25.6 Å². The number of ether oxygens (including phenoxy) is 1. The lowest BCUT2D eigenvalue weighted by Gasteiger charge is -2.46. The molecule has 1 saturated carbocycles. The number of carbonyl (C=O) groups excluding carboxylic acids is 3. The third kappa shape index (κ3) is 3.17. The highest BCUT2D eigenvalue weighted by Gasteiger charge is 2.60. The Kier molecular flexibility index (Phi) is 5.40. The van der Waals surface area contributed by atoms with E-state index in [0.29, 0.717) is 29.2 Å². The van der Waals surface area contributed by atoms with Crippen molar-refractivity contribution in [3.05, 3.63) is 45.7 Å². The van der Waals surface area contributed by atoms with Crippen LogP contribution >= 0.6 is 0 Å². The van der Waals surface area contributed by atoms with E-state index >= 15 is 0 Å². The van der Waals surface area contributed by atoms with Crippen LogP contribution in [0.25, 0.3) is 11.5 Å². The molecule has 1 aliphatic heterocycles. The number of Topliss-reactive ketones (excluding diaryl/α,β-unsaturated/α-hetero) is 2. The minimum absolute atomic E-state index is 0.0541. The van der Waals surface area contributed by atoms with E-state index in [1.54, 1.807) is 6.07 Å². The number of hydrogen-bond acceptors (Lipinski definition) is 9. The van der Waals surface area contributed by atoms with E-state index in [9.17, 15) is 34.8 Å². The molecule has 1 fully saturated rings. The van der Waals surface area contributed by atoms with Crippen molar-refractivity contribution >= 4 is 34.7 Å². The summed E-state index contributed by atoms with van der Waals surface area (Å²) in [5, 5.41) is 44.7. The smallest absolute Gasteiger partial charge is 0.255 e. The maximum Gasteiger partial charge on any atom is 0.255 e. The van der Waals surface area contributed by atoms with Gasteiger partial charge < -0.3 is 35.8 Å². The molecule has 36 heavy (non-hydrogen) atoms. The summed E-state index contributed by atoms with van der Waals surface area (Å²) in [6.45, 7) is 0.480. The number of hydrogen-bond donors (Lipinski definition) is 5. The van der Waals surface area contributed by atoms with Crippen LogP contribution in [0, 0.1) is 11.8 Å². The molecule has 0 saturated heterocycles. The summed E-state index contributed by atoms with van der Waals surface area (Å²) < 4.78 is 5.74. The van der Waals surface area contributed by atoms with Gasteiger partial charge in [-0.15, -0.1) is 0 Å². The van der Waals surface area contributed by atoms with Crippen molar-refractivity contribution in [1.82, 2.24) is 0 Å². The number of aromatic hydroxyl groups is 1. The summed E-state index contributed by atoms with van der Waals surface area (Å²) in [5.41, 5.74) is 3.42. The number of carbonyl (C=O) groups is 3. The number of aliphatic hydroxyl groups is 3. The highest BCUT2D eigenvalue weighted by Crippen LogP contribution is 2.54. The van der Waals surface area contributed by atoms with Crippen LogP contribution in [0.4, 0.5) is 5.69 Å². The first-order chi connectivity index (χ1) is 17.0. The number of primary amides is 1. The van der Waals surface area contributed by atoms with Crippen molar-refractivity contribution in [2.45, 2.75) is 37.7 Å². The number of allylic oxidation sites excluding steroid dienone is 1. The van der Waals surface area contributed by atoms with E-state index in [0.717, 1.165) is 12.8 Å². The first-order valence-corrected chi connectivity index (χ1v) is 11.8. The van der Waals surface area contributed by atoms with Crippen LogP contribution in [0.2, 0.25) is 0 Å². The first kappa shape index (κ1) is 23.9. The van der Waals surface area contributed by atoms with E-state index in [1.807, 2.05) is 25.1 Å². The molecular formula is C26H28N2O8. The second kappa shape index (κ2) is 8.12. The van der Waals surface area contributed by atoms with Crippen LogP contribution in [-0.4, -0.2) is 64.2 Å². The maximum absolute atomic E-state index is 13.7. The van der Waals surface area contributed by atoms with Crippen molar-refractivity contribution in [2.24, 2.45) is 17.6 Å². The van der Waals surface area contributed by atoms with Gasteiger partial charge in [-0.2, -0.15) is 0 Å². The summed E-state index contributed by atoms with van der Waals surface area (Å²) in [7, 11) is 3.64. The van der Waals surface area contributed by atoms with Gasteiger partial charge in [0.15, 0.2) is 11.4 Å². The normalized spacial score (nSPS) is 27.6. The molecule has 0 unspecified atom stereocenters. The van der Waals surface area contributed by atoms with Crippen molar-refractivity contribution < 1.29 is 39.5 Å². The van der Waals surface area contributed by atoms with E-state index in [2.05, 4.69) is 0 Å². The Morgan fingerprint density at radius 1 is 1.19 bits per heavy atom. The number of nitrogens with zero attached hydrogens (tertiary/aromatic N) is 1. The zero-order chi connectivity index (χ0) is 26.1. The molecule has 190 valence electrons. The largest absolute Gasteiger partial charge is 0.508 e. The predicted octanol–water partition coefficient (Wildman–Crippen LogP) is 1.64. The van der Waals surface area contributed by atoms with Crippen molar-refractivity contribution in [1.29, 1.82) is 0 Å². The Labute approximate surface area is 207 Å². The Morgan fingerprint density at radius 2 is 1.92 bits per heavy atom. The van der Waals surface area contributed by atoms with E-state index in [1.165, 1.54) is 0 Å². The zero-order valence-corrected chi connectivity index (χ0v) is 20.0. The summed E-state index contributed by atoms with van der Waals surface area (Å²) in [6.07, 6.45) is 3.44. The van der Waals surface area contributed by atoms with Crippen LogP contribution in [0.15, 0.2) is 29.0 Å². The van der Waals surface area contributed by atoms with E-state index < -0.39 is 52.0 Å². The van der Waals surface area contributed by atoms with Gasteiger partial charge in [0.2, 0.25) is 5.78 Å². The van der Waals surface area contributed by atoms with Gasteiger partial charge in [-0.25, -0.2) is 0 Å². The molecule has 3 atom stereocenters. The molecule has 10 heteroatoms. The summed E-state index contributed by atoms with van der Waals surface area (Å²) >= 11 is 0. The third-order valence-corrected chi connectivity index (χ3v) is 7.72. The van der Waals surface area contributed by atoms with Crippen molar-refractivity contribution in [3.8, 4) is 5.75 Å². The number of phenolic OH excluding ortho intramolecular Hbond substituents is 1. The number of anilines is 1. The standard InChI is InChI=1S/C26H28N2O8/c1-28(2)15-10-14(17-5-3-4-6-36-17)21(30)19-13(15)8-11-7-12-9-16(29)20(25(27)34)24(33)26(12,35)23(32)18(11)22(19)31/h5,10-12,30-31,33,35H,3-4,6-9H2,1-2H3,(H2,27,34)/t11-,12+,26+/m1/s1.